The number of hydrogen-bond donors (Lipinski definition) is 0. The molecule has 4 rings (SSSR count). The topological polar surface area (TPSA) is 0 Å². The maximum absolute atomic E-state index is 14.0. The zero-order valence-electron chi connectivity index (χ0n) is 18.1. The van der Waals surface area contributed by atoms with Crippen molar-refractivity contribution in [2.24, 2.45) is 5.92 Å². The third-order valence-corrected chi connectivity index (χ3v) is 6.47. The van der Waals surface area contributed by atoms with E-state index < -0.39 is 17.6 Å². The SMILES string of the molecule is CCCCC[C@@H]1CCc2c(ccc3ccccc23)[C@H]1C#Cc1ccc(C(F)(F)F)c(F)c1. The van der Waals surface area contributed by atoms with Gasteiger partial charge in [0.1, 0.15) is 5.82 Å². The van der Waals surface area contributed by atoms with Gasteiger partial charge in [-0.15, -0.1) is 0 Å². The van der Waals surface area contributed by atoms with Crippen LogP contribution in [0.15, 0.2) is 54.6 Å². The van der Waals surface area contributed by atoms with Crippen molar-refractivity contribution < 1.29 is 17.6 Å². The second-order valence-corrected chi connectivity index (χ2v) is 8.59. The van der Waals surface area contributed by atoms with E-state index in [4.69, 9.17) is 0 Å². The van der Waals surface area contributed by atoms with Gasteiger partial charge in [-0.25, -0.2) is 4.39 Å². The molecule has 32 heavy (non-hydrogen) atoms. The number of aryl methyl sites for hydroxylation is 1. The molecule has 0 aliphatic heterocycles. The summed E-state index contributed by atoms with van der Waals surface area (Å²) in [5, 5.41) is 2.44. The van der Waals surface area contributed by atoms with E-state index in [9.17, 15) is 17.6 Å². The van der Waals surface area contributed by atoms with Gasteiger partial charge in [-0.1, -0.05) is 74.4 Å². The predicted molar refractivity (Wildman–Crippen MR) is 121 cm³/mol. The molecule has 0 saturated carbocycles. The highest BCUT2D eigenvalue weighted by Crippen LogP contribution is 2.41. The molecule has 1 aliphatic rings. The molecule has 3 aromatic rings. The average molecular weight is 439 g/mol. The Morgan fingerprint density at radius 2 is 1.81 bits per heavy atom. The van der Waals surface area contributed by atoms with Crippen LogP contribution in [0.1, 0.15) is 67.2 Å². The fourth-order valence-corrected chi connectivity index (χ4v) is 4.82. The molecule has 0 amide bonds. The molecule has 0 aromatic heterocycles. The lowest BCUT2D eigenvalue weighted by Crippen LogP contribution is -2.20. The summed E-state index contributed by atoms with van der Waals surface area (Å²) in [5.41, 5.74) is 1.54. The van der Waals surface area contributed by atoms with Gasteiger partial charge >= 0.3 is 6.18 Å². The Morgan fingerprint density at radius 1 is 1.00 bits per heavy atom. The monoisotopic (exact) mass is 438 g/mol. The van der Waals surface area contributed by atoms with Gasteiger partial charge in [0.05, 0.1) is 5.56 Å². The van der Waals surface area contributed by atoms with Gasteiger partial charge in [0.15, 0.2) is 0 Å². The molecule has 0 radical (unpaired) electrons. The fourth-order valence-electron chi connectivity index (χ4n) is 4.82. The quantitative estimate of drug-likeness (QED) is 0.218. The molecular formula is C28H26F4. The molecular weight excluding hydrogens is 412 g/mol. The molecule has 0 N–H and O–H groups in total. The third kappa shape index (κ3) is 4.67. The van der Waals surface area contributed by atoms with Gasteiger partial charge in [-0.2, -0.15) is 13.2 Å². The largest absolute Gasteiger partial charge is 0.419 e. The van der Waals surface area contributed by atoms with Crippen molar-refractivity contribution >= 4 is 10.8 Å². The van der Waals surface area contributed by atoms with Crippen molar-refractivity contribution in [2.45, 2.75) is 57.5 Å². The minimum absolute atomic E-state index is 0.00874. The summed E-state index contributed by atoms with van der Waals surface area (Å²) in [5.74, 6) is 5.41. The number of unbranched alkanes of at least 4 members (excludes halogenated alkanes) is 2. The van der Waals surface area contributed by atoms with E-state index >= 15 is 0 Å². The van der Waals surface area contributed by atoms with Crippen LogP contribution in [0.4, 0.5) is 17.6 Å². The zero-order valence-corrected chi connectivity index (χ0v) is 18.1. The molecule has 0 fully saturated rings. The second kappa shape index (κ2) is 9.36. The van der Waals surface area contributed by atoms with Crippen LogP contribution in [-0.2, 0) is 12.6 Å². The number of rotatable bonds is 4. The Hall–Kier alpha value is -2.80. The van der Waals surface area contributed by atoms with Crippen molar-refractivity contribution in [2.75, 3.05) is 0 Å². The summed E-state index contributed by atoms with van der Waals surface area (Å²) in [7, 11) is 0. The van der Waals surface area contributed by atoms with Crippen LogP contribution in [0.3, 0.4) is 0 Å². The van der Waals surface area contributed by atoms with Gasteiger partial charge in [0.25, 0.3) is 0 Å². The number of benzene rings is 3. The first-order valence-corrected chi connectivity index (χ1v) is 11.3. The molecule has 2 atom stereocenters. The van der Waals surface area contributed by atoms with Gasteiger partial charge in [-0.3, -0.25) is 0 Å². The van der Waals surface area contributed by atoms with Crippen LogP contribution in [0.25, 0.3) is 10.8 Å². The van der Waals surface area contributed by atoms with Crippen LogP contribution in [0, 0.1) is 23.6 Å². The normalized spacial score (nSPS) is 18.2. The number of fused-ring (bicyclic) bond motifs is 3. The van der Waals surface area contributed by atoms with E-state index in [-0.39, 0.29) is 11.5 Å². The molecule has 0 bridgehead atoms. The van der Waals surface area contributed by atoms with Crippen molar-refractivity contribution in [3.63, 3.8) is 0 Å². The average Bonchev–Trinajstić information content (AvgIpc) is 2.77. The summed E-state index contributed by atoms with van der Waals surface area (Å²) in [6.07, 6.45) is 1.86. The Balaban J connectivity index is 1.71. The molecule has 0 unspecified atom stereocenters. The van der Waals surface area contributed by atoms with Crippen LogP contribution in [0.5, 0.6) is 0 Å². The summed E-state index contributed by atoms with van der Waals surface area (Å²) in [6.45, 7) is 2.18. The highest BCUT2D eigenvalue weighted by Gasteiger charge is 2.34. The van der Waals surface area contributed by atoms with E-state index in [2.05, 4.69) is 43.0 Å². The van der Waals surface area contributed by atoms with Gasteiger partial charge in [-0.05, 0) is 65.3 Å². The van der Waals surface area contributed by atoms with Gasteiger partial charge in [0, 0.05) is 11.5 Å². The molecule has 4 heteroatoms. The Bertz CT molecular complexity index is 1160. The number of hydrogen-bond acceptors (Lipinski definition) is 0. The molecule has 0 nitrogen and oxygen atoms in total. The molecule has 0 spiro atoms. The lowest BCUT2D eigenvalue weighted by molar-refractivity contribution is -0.140. The maximum atomic E-state index is 14.0. The predicted octanol–water partition coefficient (Wildman–Crippen LogP) is 8.28. The first-order valence-electron chi connectivity index (χ1n) is 11.3. The molecule has 0 heterocycles. The Labute approximate surface area is 186 Å². The van der Waals surface area contributed by atoms with Gasteiger partial charge < -0.3 is 0 Å². The molecule has 0 saturated heterocycles. The minimum Gasteiger partial charge on any atom is -0.206 e. The first-order chi connectivity index (χ1) is 15.4. The maximum Gasteiger partial charge on any atom is 0.419 e. The van der Waals surface area contributed by atoms with Crippen molar-refractivity contribution in [1.82, 2.24) is 0 Å². The minimum atomic E-state index is -4.70. The van der Waals surface area contributed by atoms with E-state index in [0.29, 0.717) is 5.92 Å². The molecule has 166 valence electrons. The van der Waals surface area contributed by atoms with Crippen LogP contribution >= 0.6 is 0 Å². The van der Waals surface area contributed by atoms with E-state index in [1.54, 1.807) is 0 Å². The second-order valence-electron chi connectivity index (χ2n) is 8.59. The van der Waals surface area contributed by atoms with Crippen LogP contribution in [-0.4, -0.2) is 0 Å². The van der Waals surface area contributed by atoms with Crippen molar-refractivity contribution in [1.29, 1.82) is 0 Å². The number of alkyl halides is 3. The highest BCUT2D eigenvalue weighted by molar-refractivity contribution is 5.87. The van der Waals surface area contributed by atoms with Crippen molar-refractivity contribution in [3.8, 4) is 11.8 Å². The van der Waals surface area contributed by atoms with Crippen LogP contribution in [0.2, 0.25) is 0 Å². The summed E-state index contributed by atoms with van der Waals surface area (Å²) in [6, 6.07) is 15.5. The van der Waals surface area contributed by atoms with Crippen LogP contribution < -0.4 is 0 Å². The Morgan fingerprint density at radius 3 is 2.56 bits per heavy atom. The third-order valence-electron chi connectivity index (χ3n) is 6.47. The van der Waals surface area contributed by atoms with E-state index in [1.807, 2.05) is 12.1 Å². The lowest BCUT2D eigenvalue weighted by Gasteiger charge is -2.31. The summed E-state index contributed by atoms with van der Waals surface area (Å²) in [4.78, 5) is 0. The highest BCUT2D eigenvalue weighted by atomic mass is 19.4. The number of halogens is 4. The summed E-state index contributed by atoms with van der Waals surface area (Å²) < 4.78 is 52.6. The van der Waals surface area contributed by atoms with Crippen molar-refractivity contribution in [3.05, 3.63) is 82.7 Å². The van der Waals surface area contributed by atoms with E-state index in [0.717, 1.165) is 44.2 Å². The zero-order chi connectivity index (χ0) is 22.7. The molecule has 1 aliphatic carbocycles. The smallest absolute Gasteiger partial charge is 0.206 e. The lowest BCUT2D eigenvalue weighted by atomic mass is 9.72. The fraction of sp³-hybridized carbons (Fsp3) is 0.357. The molecule has 3 aromatic carbocycles. The summed E-state index contributed by atoms with van der Waals surface area (Å²) >= 11 is 0. The standard InChI is InChI=1S/C28H26F4/c1-2-3-4-7-21-13-15-24-22-9-6-5-8-20(22)12-16-25(24)23(21)14-10-19-11-17-26(27(29)18-19)28(30,31)32/h5-6,8-9,11-12,16-18,21,23H,2-4,7,13,15H2,1H3/t21-,23+/m1/s1. The van der Waals surface area contributed by atoms with E-state index in [1.165, 1.54) is 34.4 Å². The van der Waals surface area contributed by atoms with Gasteiger partial charge in [0.2, 0.25) is 0 Å². The Kier molecular flexibility index (Phi) is 6.55. The first kappa shape index (κ1) is 22.4.